The van der Waals surface area contributed by atoms with E-state index in [2.05, 4.69) is 5.32 Å². The summed E-state index contributed by atoms with van der Waals surface area (Å²) in [5.41, 5.74) is 0.483. The number of piperidine rings is 1. The molecule has 2 heterocycles. The van der Waals surface area contributed by atoms with Gasteiger partial charge in [0.1, 0.15) is 6.04 Å². The summed E-state index contributed by atoms with van der Waals surface area (Å²) >= 11 is 0. The smallest absolute Gasteiger partial charge is 0.279 e. The molecule has 0 radical (unpaired) electrons. The Kier molecular flexibility index (Phi) is 6.30. The lowest BCUT2D eigenvalue weighted by molar-refractivity contribution is -0.684. The van der Waals surface area contributed by atoms with E-state index in [9.17, 15) is 13.2 Å². The summed E-state index contributed by atoms with van der Waals surface area (Å²) in [7, 11) is -3.51. The molecule has 0 aliphatic carbocycles. The summed E-state index contributed by atoms with van der Waals surface area (Å²) in [5, 5.41) is 4.64. The van der Waals surface area contributed by atoms with Crippen molar-refractivity contribution in [3.8, 4) is 0 Å². The van der Waals surface area contributed by atoms with E-state index in [1.807, 2.05) is 24.4 Å². The van der Waals surface area contributed by atoms with Gasteiger partial charge in [-0.15, -0.1) is 0 Å². The van der Waals surface area contributed by atoms with Crippen molar-refractivity contribution in [1.29, 1.82) is 0 Å². The van der Waals surface area contributed by atoms with Crippen molar-refractivity contribution >= 4 is 21.6 Å². The fourth-order valence-electron chi connectivity index (χ4n) is 3.15. The van der Waals surface area contributed by atoms with Crippen LogP contribution in [0.25, 0.3) is 0 Å². The molecule has 1 aliphatic rings. The molecular formula is C19H26N3O4S+. The zero-order chi connectivity index (χ0) is 19.3. The van der Waals surface area contributed by atoms with Gasteiger partial charge in [-0.2, -0.15) is 4.31 Å². The van der Waals surface area contributed by atoms with Crippen LogP contribution in [0.15, 0.2) is 52.0 Å². The Bertz CT molecular complexity index is 859. The number of amides is 1. The van der Waals surface area contributed by atoms with E-state index in [0.717, 1.165) is 25.0 Å². The highest BCUT2D eigenvalue weighted by Gasteiger charge is 2.26. The number of rotatable bonds is 7. The zero-order valence-electron chi connectivity index (χ0n) is 15.4. The molecule has 1 fully saturated rings. The van der Waals surface area contributed by atoms with Gasteiger partial charge < -0.3 is 15.1 Å². The monoisotopic (exact) mass is 392 g/mol. The quantitative estimate of drug-likeness (QED) is 0.750. The first-order valence-corrected chi connectivity index (χ1v) is 10.7. The summed E-state index contributed by atoms with van der Waals surface area (Å²) in [5.74, 6) is 0.610. The summed E-state index contributed by atoms with van der Waals surface area (Å²) in [6.45, 7) is 3.28. The topological polar surface area (TPSA) is 96.2 Å². The maximum absolute atomic E-state index is 12.8. The van der Waals surface area contributed by atoms with E-state index in [1.54, 1.807) is 24.5 Å². The highest BCUT2D eigenvalue weighted by molar-refractivity contribution is 7.89. The number of nitrogens with one attached hydrogen (secondary N) is 1. The van der Waals surface area contributed by atoms with Crippen molar-refractivity contribution in [3.05, 3.63) is 48.4 Å². The molecule has 1 atom stereocenters. The maximum Gasteiger partial charge on any atom is 0.279 e. The van der Waals surface area contributed by atoms with Crippen LogP contribution in [-0.2, 0) is 14.8 Å². The number of hydrogen-bond donors (Lipinski definition) is 2. The van der Waals surface area contributed by atoms with Gasteiger partial charge in [0, 0.05) is 18.8 Å². The van der Waals surface area contributed by atoms with E-state index in [-0.39, 0.29) is 23.4 Å². The van der Waals surface area contributed by atoms with Crippen LogP contribution < -0.4 is 10.6 Å². The molecule has 0 saturated carbocycles. The minimum Gasteiger partial charge on any atom is -0.463 e. The number of sulfonamides is 1. The van der Waals surface area contributed by atoms with Crippen LogP contribution in [0.2, 0.25) is 0 Å². The number of nitrogens with zero attached hydrogens (tertiary/aromatic N) is 1. The average Bonchev–Trinajstić information content (AvgIpc) is 3.22. The molecule has 1 aliphatic heterocycles. The summed E-state index contributed by atoms with van der Waals surface area (Å²) in [6, 6.07) is 10.2. The zero-order valence-corrected chi connectivity index (χ0v) is 16.2. The Hall–Kier alpha value is -2.16. The molecule has 7 nitrogen and oxygen atoms in total. The molecule has 0 unspecified atom stereocenters. The molecule has 0 spiro atoms. The number of carbonyl (C=O) groups excluding carboxylic acids is 1. The third kappa shape index (κ3) is 4.97. The van der Waals surface area contributed by atoms with Crippen molar-refractivity contribution in [2.75, 3.05) is 25.0 Å². The van der Waals surface area contributed by atoms with E-state index < -0.39 is 10.0 Å². The Morgan fingerprint density at radius 1 is 1.22 bits per heavy atom. The normalized spacial score (nSPS) is 16.8. The van der Waals surface area contributed by atoms with Crippen LogP contribution in [-0.4, -0.2) is 38.3 Å². The lowest BCUT2D eigenvalue weighted by Gasteiger charge is -2.26. The largest absolute Gasteiger partial charge is 0.463 e. The predicted molar refractivity (Wildman–Crippen MR) is 102 cm³/mol. The van der Waals surface area contributed by atoms with Gasteiger partial charge in [0.15, 0.2) is 12.3 Å². The minimum atomic E-state index is -3.51. The van der Waals surface area contributed by atoms with Gasteiger partial charge in [-0.3, -0.25) is 4.79 Å². The number of hydrogen-bond acceptors (Lipinski definition) is 4. The molecule has 27 heavy (non-hydrogen) atoms. The standard InChI is InChI=1S/C19H25N3O4S/c1-15(18-9-6-12-26-18)20-14-19(23)21-16-7-5-8-17(13-16)27(24,25)22-10-3-2-4-11-22/h5-9,12-13,15,20H,2-4,10-11,14H2,1H3,(H,21,23)/p+1/t15-/m1/s1. The second-order valence-corrected chi connectivity index (χ2v) is 8.72. The fraction of sp³-hybridized carbons (Fsp3) is 0.421. The van der Waals surface area contributed by atoms with Gasteiger partial charge in [-0.1, -0.05) is 12.5 Å². The number of anilines is 1. The summed E-state index contributed by atoms with van der Waals surface area (Å²) in [4.78, 5) is 12.4. The second-order valence-electron chi connectivity index (χ2n) is 6.78. The lowest BCUT2D eigenvalue weighted by atomic mass is 10.2. The molecule has 3 N–H and O–H groups in total. The van der Waals surface area contributed by atoms with E-state index in [4.69, 9.17) is 4.42 Å². The second kappa shape index (κ2) is 8.69. The average molecular weight is 393 g/mol. The number of quaternary nitrogens is 1. The van der Waals surface area contributed by atoms with Crippen LogP contribution in [0.4, 0.5) is 5.69 Å². The van der Waals surface area contributed by atoms with Crippen LogP contribution in [0, 0.1) is 0 Å². The molecule has 0 bridgehead atoms. The van der Waals surface area contributed by atoms with E-state index >= 15 is 0 Å². The molecule has 8 heteroatoms. The predicted octanol–water partition coefficient (Wildman–Crippen LogP) is 1.72. The molecule has 3 rings (SSSR count). The molecule has 146 valence electrons. The highest BCUT2D eigenvalue weighted by atomic mass is 32.2. The Balaban J connectivity index is 1.60. The van der Waals surface area contributed by atoms with Crippen LogP contribution in [0.5, 0.6) is 0 Å². The van der Waals surface area contributed by atoms with Crippen molar-refractivity contribution < 1.29 is 22.9 Å². The van der Waals surface area contributed by atoms with Crippen LogP contribution >= 0.6 is 0 Å². The van der Waals surface area contributed by atoms with Gasteiger partial charge in [0.25, 0.3) is 5.91 Å². The molecule has 1 aromatic carbocycles. The Morgan fingerprint density at radius 3 is 2.70 bits per heavy atom. The third-order valence-corrected chi connectivity index (χ3v) is 6.61. The maximum atomic E-state index is 12.8. The molecule has 1 saturated heterocycles. The fourth-order valence-corrected chi connectivity index (χ4v) is 4.71. The van der Waals surface area contributed by atoms with Crippen LogP contribution in [0.3, 0.4) is 0 Å². The SMILES string of the molecule is C[C@@H]([NH2+]CC(=O)Nc1cccc(S(=O)(=O)N2CCCCC2)c1)c1ccco1. The molecule has 1 aromatic heterocycles. The minimum absolute atomic E-state index is 0.0246. The van der Waals surface area contributed by atoms with Gasteiger partial charge in [0.2, 0.25) is 10.0 Å². The highest BCUT2D eigenvalue weighted by Crippen LogP contribution is 2.22. The Morgan fingerprint density at radius 2 is 2.00 bits per heavy atom. The van der Waals surface area contributed by atoms with Crippen molar-refractivity contribution in [2.24, 2.45) is 0 Å². The summed E-state index contributed by atoms with van der Waals surface area (Å²) in [6.07, 6.45) is 4.45. The third-order valence-electron chi connectivity index (χ3n) is 4.72. The molecule has 2 aromatic rings. The first-order chi connectivity index (χ1) is 13.0. The first-order valence-electron chi connectivity index (χ1n) is 9.23. The lowest BCUT2D eigenvalue weighted by Crippen LogP contribution is -2.86. The molecule has 1 amide bonds. The van der Waals surface area contributed by atoms with Gasteiger partial charge >= 0.3 is 0 Å². The van der Waals surface area contributed by atoms with E-state index in [0.29, 0.717) is 18.8 Å². The number of carbonyl (C=O) groups is 1. The van der Waals surface area contributed by atoms with Gasteiger partial charge in [-0.05, 0) is 50.1 Å². The van der Waals surface area contributed by atoms with Crippen molar-refractivity contribution in [1.82, 2.24) is 4.31 Å². The van der Waals surface area contributed by atoms with Crippen LogP contribution in [0.1, 0.15) is 38.0 Å². The van der Waals surface area contributed by atoms with Gasteiger partial charge in [-0.25, -0.2) is 8.42 Å². The van der Waals surface area contributed by atoms with Crippen molar-refractivity contribution in [2.45, 2.75) is 37.1 Å². The van der Waals surface area contributed by atoms with E-state index in [1.165, 1.54) is 10.4 Å². The Labute approximate surface area is 159 Å². The summed E-state index contributed by atoms with van der Waals surface area (Å²) < 4.78 is 32.4. The number of nitrogens with two attached hydrogens (primary N) is 1. The van der Waals surface area contributed by atoms with Gasteiger partial charge in [0.05, 0.1) is 11.2 Å². The number of benzene rings is 1. The van der Waals surface area contributed by atoms with Crippen molar-refractivity contribution in [3.63, 3.8) is 0 Å². The number of furan rings is 1. The molecular weight excluding hydrogens is 366 g/mol. The first kappa shape index (κ1) is 19.6.